The number of para-hydroxylation sites is 1. The van der Waals surface area contributed by atoms with Crippen LogP contribution in [0.15, 0.2) is 35.4 Å². The molecule has 1 aromatic carbocycles. The molecule has 0 bridgehead atoms. The maximum absolute atomic E-state index is 12.2. The summed E-state index contributed by atoms with van der Waals surface area (Å²) < 4.78 is 0. The van der Waals surface area contributed by atoms with Gasteiger partial charge in [-0.2, -0.15) is 5.10 Å². The van der Waals surface area contributed by atoms with Crippen molar-refractivity contribution in [2.45, 2.75) is 26.2 Å². The minimum absolute atomic E-state index is 0.0453. The first-order chi connectivity index (χ1) is 11.5. The van der Waals surface area contributed by atoms with E-state index in [1.165, 1.54) is 34.1 Å². The van der Waals surface area contributed by atoms with Crippen molar-refractivity contribution in [3.63, 3.8) is 0 Å². The third kappa shape index (κ3) is 3.51. The third-order valence-electron chi connectivity index (χ3n) is 4.06. The number of rotatable bonds is 4. The number of fused-ring (bicyclic) bond motifs is 1. The van der Waals surface area contributed by atoms with Gasteiger partial charge in [0.25, 0.3) is 11.6 Å². The number of nitrogens with one attached hydrogen (secondary N) is 1. The fraction of sp³-hybridized carbons (Fsp3) is 0.294. The lowest BCUT2D eigenvalue weighted by molar-refractivity contribution is -0.385. The van der Waals surface area contributed by atoms with E-state index < -0.39 is 4.92 Å². The molecule has 0 fully saturated rings. The smallest absolute Gasteiger partial charge is 0.266 e. The van der Waals surface area contributed by atoms with Crippen LogP contribution in [0, 0.1) is 16.0 Å². The van der Waals surface area contributed by atoms with Gasteiger partial charge < -0.3 is 0 Å². The number of amides is 1. The van der Waals surface area contributed by atoms with Crippen molar-refractivity contribution in [3.8, 4) is 0 Å². The molecule has 1 N–H and O–H groups in total. The van der Waals surface area contributed by atoms with Gasteiger partial charge in [-0.3, -0.25) is 14.9 Å². The molecule has 3 rings (SSSR count). The summed E-state index contributed by atoms with van der Waals surface area (Å²) in [5.41, 5.74) is 4.01. The van der Waals surface area contributed by atoms with Crippen molar-refractivity contribution in [2.75, 3.05) is 0 Å². The molecule has 2 aromatic rings. The summed E-state index contributed by atoms with van der Waals surface area (Å²) in [6, 6.07) is 8.19. The molecule has 1 aliphatic rings. The zero-order valence-corrected chi connectivity index (χ0v) is 14.0. The van der Waals surface area contributed by atoms with Gasteiger partial charge in [0.15, 0.2) is 0 Å². The minimum atomic E-state index is -0.475. The van der Waals surface area contributed by atoms with Gasteiger partial charge in [0.2, 0.25) is 0 Å². The molecule has 124 valence electrons. The van der Waals surface area contributed by atoms with Gasteiger partial charge in [0.05, 0.1) is 21.6 Å². The molecule has 0 radical (unpaired) electrons. The van der Waals surface area contributed by atoms with Crippen molar-refractivity contribution in [1.29, 1.82) is 0 Å². The average Bonchev–Trinajstić information content (AvgIpc) is 2.98. The Morgan fingerprint density at radius 2 is 2.25 bits per heavy atom. The van der Waals surface area contributed by atoms with E-state index in [1.807, 2.05) is 6.07 Å². The van der Waals surface area contributed by atoms with Gasteiger partial charge in [0, 0.05) is 10.9 Å². The average molecular weight is 343 g/mol. The number of hydrogen-bond donors (Lipinski definition) is 1. The second kappa shape index (κ2) is 6.92. The summed E-state index contributed by atoms with van der Waals surface area (Å²) in [6.45, 7) is 2.22. The number of nitro benzene ring substituents is 1. The Balaban J connectivity index is 1.69. The van der Waals surface area contributed by atoms with Crippen LogP contribution in [-0.2, 0) is 12.8 Å². The van der Waals surface area contributed by atoms with Crippen LogP contribution in [0.25, 0.3) is 0 Å². The number of aryl methyl sites for hydroxylation is 1. The molecule has 1 heterocycles. The summed E-state index contributed by atoms with van der Waals surface area (Å²) in [4.78, 5) is 24.6. The topological polar surface area (TPSA) is 84.6 Å². The molecule has 0 aliphatic heterocycles. The van der Waals surface area contributed by atoms with E-state index in [0.717, 1.165) is 19.3 Å². The monoisotopic (exact) mass is 343 g/mol. The van der Waals surface area contributed by atoms with Crippen LogP contribution in [0.3, 0.4) is 0 Å². The highest BCUT2D eigenvalue weighted by atomic mass is 32.1. The van der Waals surface area contributed by atoms with E-state index in [9.17, 15) is 14.9 Å². The van der Waals surface area contributed by atoms with Crippen LogP contribution in [0.1, 0.15) is 39.0 Å². The standard InChI is InChI=1S/C17H17N3O3S/c1-11-6-7-15-13(8-11)9-16(24-15)17(21)19-18-10-12-4-2-3-5-14(12)20(22)23/h2-5,9-11H,6-8H2,1H3,(H,19,21)/b18-10-/t11-/m0/s1. The fourth-order valence-corrected chi connectivity index (χ4v) is 3.89. The maximum Gasteiger partial charge on any atom is 0.281 e. The zero-order valence-electron chi connectivity index (χ0n) is 13.2. The highest BCUT2D eigenvalue weighted by Gasteiger charge is 2.20. The van der Waals surface area contributed by atoms with Crippen molar-refractivity contribution < 1.29 is 9.72 Å². The Morgan fingerprint density at radius 1 is 1.46 bits per heavy atom. The quantitative estimate of drug-likeness (QED) is 0.523. The normalized spacial score (nSPS) is 16.8. The molecule has 1 amide bonds. The highest BCUT2D eigenvalue weighted by molar-refractivity contribution is 7.14. The van der Waals surface area contributed by atoms with E-state index in [-0.39, 0.29) is 11.6 Å². The number of nitrogens with zero attached hydrogens (tertiary/aromatic N) is 2. The summed E-state index contributed by atoms with van der Waals surface area (Å²) >= 11 is 1.51. The van der Waals surface area contributed by atoms with Gasteiger partial charge in [-0.1, -0.05) is 19.1 Å². The summed E-state index contributed by atoms with van der Waals surface area (Å²) in [5.74, 6) is 0.372. The molecule has 7 heteroatoms. The number of carbonyl (C=O) groups is 1. The molecule has 24 heavy (non-hydrogen) atoms. The largest absolute Gasteiger partial charge is 0.281 e. The molecule has 0 saturated heterocycles. The summed E-state index contributed by atoms with van der Waals surface area (Å²) in [7, 11) is 0. The van der Waals surface area contributed by atoms with Crippen LogP contribution in [0.4, 0.5) is 5.69 Å². The number of benzene rings is 1. The Kier molecular flexibility index (Phi) is 4.71. The van der Waals surface area contributed by atoms with Crippen LogP contribution >= 0.6 is 11.3 Å². The molecule has 6 nitrogen and oxygen atoms in total. The predicted octanol–water partition coefficient (Wildman–Crippen LogP) is 3.55. The van der Waals surface area contributed by atoms with E-state index in [1.54, 1.807) is 18.2 Å². The molecular formula is C17H17N3O3S. The summed E-state index contributed by atoms with van der Waals surface area (Å²) in [6.07, 6.45) is 4.49. The van der Waals surface area contributed by atoms with Gasteiger partial charge in [0.1, 0.15) is 0 Å². The van der Waals surface area contributed by atoms with Crippen LogP contribution in [-0.4, -0.2) is 17.0 Å². The maximum atomic E-state index is 12.2. The fourth-order valence-electron chi connectivity index (χ4n) is 2.80. The van der Waals surface area contributed by atoms with Crippen LogP contribution < -0.4 is 5.43 Å². The third-order valence-corrected chi connectivity index (χ3v) is 5.29. The molecule has 0 unspecified atom stereocenters. The van der Waals surface area contributed by atoms with Crippen molar-refractivity contribution in [2.24, 2.45) is 11.0 Å². The molecule has 1 aliphatic carbocycles. The van der Waals surface area contributed by atoms with E-state index >= 15 is 0 Å². The number of thiophene rings is 1. The lowest BCUT2D eigenvalue weighted by Gasteiger charge is -2.16. The molecule has 1 atom stereocenters. The predicted molar refractivity (Wildman–Crippen MR) is 93.7 cm³/mol. The molecular weight excluding hydrogens is 326 g/mol. The Hall–Kier alpha value is -2.54. The number of hydrazone groups is 1. The first-order valence-corrected chi connectivity index (χ1v) is 8.54. The van der Waals surface area contributed by atoms with Gasteiger partial charge in [-0.15, -0.1) is 11.3 Å². The van der Waals surface area contributed by atoms with Gasteiger partial charge in [-0.05, 0) is 42.9 Å². The second-order valence-corrected chi connectivity index (χ2v) is 7.06. The number of carbonyl (C=O) groups excluding carboxylic acids is 1. The Labute approximate surface area is 143 Å². The van der Waals surface area contributed by atoms with Crippen LogP contribution in [0.2, 0.25) is 0 Å². The molecule has 1 aromatic heterocycles. The minimum Gasteiger partial charge on any atom is -0.266 e. The van der Waals surface area contributed by atoms with Crippen molar-refractivity contribution in [3.05, 3.63) is 61.3 Å². The second-order valence-electron chi connectivity index (χ2n) is 5.92. The molecule has 0 saturated carbocycles. The number of nitro groups is 1. The Bertz CT molecular complexity index is 813. The van der Waals surface area contributed by atoms with Gasteiger partial charge >= 0.3 is 0 Å². The van der Waals surface area contributed by atoms with Gasteiger partial charge in [-0.25, -0.2) is 5.43 Å². The lowest BCUT2D eigenvalue weighted by Crippen LogP contribution is -2.16. The zero-order chi connectivity index (χ0) is 17.1. The number of hydrogen-bond acceptors (Lipinski definition) is 5. The van der Waals surface area contributed by atoms with Crippen LogP contribution in [0.5, 0.6) is 0 Å². The lowest BCUT2D eigenvalue weighted by atomic mass is 9.90. The van der Waals surface area contributed by atoms with E-state index in [4.69, 9.17) is 0 Å². The summed E-state index contributed by atoms with van der Waals surface area (Å²) in [5, 5.41) is 14.8. The first-order valence-electron chi connectivity index (χ1n) is 7.73. The van der Waals surface area contributed by atoms with Crippen molar-refractivity contribution in [1.82, 2.24) is 5.43 Å². The van der Waals surface area contributed by atoms with E-state index in [0.29, 0.717) is 16.4 Å². The Morgan fingerprint density at radius 3 is 3.04 bits per heavy atom. The van der Waals surface area contributed by atoms with Crippen molar-refractivity contribution >= 4 is 29.1 Å². The first kappa shape index (κ1) is 16.3. The van der Waals surface area contributed by atoms with E-state index in [2.05, 4.69) is 17.5 Å². The SMILES string of the molecule is C[C@H]1CCc2sc(C(=O)N/N=C\c3ccccc3[N+](=O)[O-])cc2C1. The highest BCUT2D eigenvalue weighted by Crippen LogP contribution is 2.32. The molecule has 0 spiro atoms.